The summed E-state index contributed by atoms with van der Waals surface area (Å²) in [6.45, 7) is 10.1. The molecule has 0 heterocycles. The molecule has 4 amide bonds. The standard InChI is InChI=1S/C85H158N4O20P2/c1-7-13-19-25-29-33-37-43-47-53-76(90)67-82(94)88-74(70-102-63-59-78(55-49-41-23-17-11-5)108-84(96)57-51-45-39-35-31-27-21-15-9-3)72-106-110(98,99)104-65-61-86-80(92)69-81(93)87-62-66-105-111(100,101)107-73-75(89-83(95)68-77(91)54-48-44-38-34-30-26-20-14-8-2)71-103-64-60-79(56-50-42-24-18-12-6)109-85(97)58-52-46-40-36-32-28-22-16-10-4/h35-36,39-40,74-75,78-79H,7-34,37-38,41-73H2,1-6H3,(H,86,92)(H,87,93)(H,88,94)(H,89,95)(H,98,99)(H,100,101)/t74-,75-,78-,79-/m1/s1. The zero-order chi connectivity index (χ0) is 81.8. The first kappa shape index (κ1) is 107. The Bertz CT molecular complexity index is 2330. The summed E-state index contributed by atoms with van der Waals surface area (Å²) in [5.41, 5.74) is 0. The van der Waals surface area contributed by atoms with Gasteiger partial charge in [-0.1, -0.05) is 258 Å². The van der Waals surface area contributed by atoms with Crippen LogP contribution >= 0.6 is 15.6 Å². The summed E-state index contributed by atoms with van der Waals surface area (Å²) in [7, 11) is -9.66. The van der Waals surface area contributed by atoms with E-state index in [0.717, 1.165) is 154 Å². The Morgan fingerprint density at radius 1 is 0.315 bits per heavy atom. The van der Waals surface area contributed by atoms with Crippen molar-refractivity contribution in [3.05, 3.63) is 24.3 Å². The van der Waals surface area contributed by atoms with Gasteiger partial charge in [0.2, 0.25) is 23.6 Å². The fourth-order valence-corrected chi connectivity index (χ4v) is 14.0. The maximum atomic E-state index is 13.3. The molecule has 26 heteroatoms. The summed E-state index contributed by atoms with van der Waals surface area (Å²) in [6.07, 6.45) is 53.7. The Morgan fingerprint density at radius 3 is 0.946 bits per heavy atom. The van der Waals surface area contributed by atoms with Crippen molar-refractivity contribution in [1.29, 1.82) is 0 Å². The van der Waals surface area contributed by atoms with E-state index in [2.05, 4.69) is 87.1 Å². The maximum Gasteiger partial charge on any atom is 0.472 e. The van der Waals surface area contributed by atoms with Crippen LogP contribution in [0.4, 0.5) is 0 Å². The number of carbonyl (C=O) groups is 8. The van der Waals surface area contributed by atoms with Crippen molar-refractivity contribution in [2.75, 3.05) is 65.9 Å². The second-order valence-corrected chi connectivity index (χ2v) is 32.9. The molecule has 0 radical (unpaired) electrons. The number of allylic oxidation sites excluding steroid dienone is 4. The third kappa shape index (κ3) is 74.4. The number of amides is 4. The van der Waals surface area contributed by atoms with Gasteiger partial charge >= 0.3 is 27.6 Å². The first-order valence-electron chi connectivity index (χ1n) is 43.9. The molecule has 0 aromatic heterocycles. The molecule has 6 atom stereocenters. The highest BCUT2D eigenvalue weighted by Crippen LogP contribution is 2.44. The summed E-state index contributed by atoms with van der Waals surface area (Å²) in [6, 6.07) is -2.00. The van der Waals surface area contributed by atoms with Crippen molar-refractivity contribution in [3.8, 4) is 0 Å². The van der Waals surface area contributed by atoms with Crippen molar-refractivity contribution < 1.29 is 94.3 Å². The Balaban J connectivity index is 5.66. The number of Topliss-reactive ketones (excluding diaryl/α,β-unsaturated/α-hetero) is 2. The molecule has 0 rings (SSSR count). The first-order chi connectivity index (χ1) is 53.7. The number of phosphoric acid groups is 2. The highest BCUT2D eigenvalue weighted by Gasteiger charge is 2.28. The largest absolute Gasteiger partial charge is 0.472 e. The van der Waals surface area contributed by atoms with Gasteiger partial charge in [-0.2, -0.15) is 0 Å². The second-order valence-electron chi connectivity index (χ2n) is 30.0. The number of carbonyl (C=O) groups excluding carboxylic acids is 8. The van der Waals surface area contributed by atoms with E-state index in [-0.39, 0.29) is 75.9 Å². The maximum absolute atomic E-state index is 13.3. The summed E-state index contributed by atoms with van der Waals surface area (Å²) >= 11 is 0. The minimum absolute atomic E-state index is 0.130. The van der Waals surface area contributed by atoms with E-state index in [1.54, 1.807) is 0 Å². The van der Waals surface area contributed by atoms with Gasteiger partial charge in [0.1, 0.15) is 30.2 Å². The number of ketones is 2. The molecule has 0 aromatic carbocycles. The minimum Gasteiger partial charge on any atom is -0.462 e. The number of rotatable bonds is 84. The zero-order valence-electron chi connectivity index (χ0n) is 70.3. The third-order valence-corrected chi connectivity index (χ3v) is 21.0. The van der Waals surface area contributed by atoms with Crippen LogP contribution < -0.4 is 21.3 Å². The average Bonchev–Trinajstić information content (AvgIpc) is 0.911. The molecule has 0 aliphatic carbocycles. The molecule has 111 heavy (non-hydrogen) atoms. The lowest BCUT2D eigenvalue weighted by molar-refractivity contribution is -0.151. The van der Waals surface area contributed by atoms with Crippen LogP contribution in [0.5, 0.6) is 0 Å². The van der Waals surface area contributed by atoms with Gasteiger partial charge in [0.15, 0.2) is 0 Å². The Kier molecular flexibility index (Phi) is 74.1. The number of unbranched alkanes of at least 4 members (excludes halogenated alkanes) is 34. The van der Waals surface area contributed by atoms with Gasteiger partial charge in [0.05, 0.1) is 77.8 Å². The van der Waals surface area contributed by atoms with E-state index in [1.807, 2.05) is 0 Å². The molecule has 0 fully saturated rings. The molecule has 0 aromatic rings. The summed E-state index contributed by atoms with van der Waals surface area (Å²) in [5.74, 6) is -3.82. The van der Waals surface area contributed by atoms with Gasteiger partial charge in [0.25, 0.3) is 0 Å². The van der Waals surface area contributed by atoms with E-state index >= 15 is 0 Å². The summed E-state index contributed by atoms with van der Waals surface area (Å²) in [5, 5.41) is 10.2. The van der Waals surface area contributed by atoms with Crippen LogP contribution in [0.3, 0.4) is 0 Å². The fourth-order valence-electron chi connectivity index (χ4n) is 12.5. The van der Waals surface area contributed by atoms with Gasteiger partial charge in [0, 0.05) is 51.6 Å². The van der Waals surface area contributed by atoms with Crippen LogP contribution in [-0.4, -0.2) is 147 Å². The van der Waals surface area contributed by atoms with Crippen molar-refractivity contribution >= 4 is 62.8 Å². The van der Waals surface area contributed by atoms with Crippen LogP contribution in [-0.2, 0) is 84.5 Å². The highest BCUT2D eigenvalue weighted by molar-refractivity contribution is 7.47. The molecule has 0 spiro atoms. The van der Waals surface area contributed by atoms with Crippen LogP contribution in [0.15, 0.2) is 24.3 Å². The predicted molar refractivity (Wildman–Crippen MR) is 442 cm³/mol. The Hall–Kier alpha value is -4.22. The van der Waals surface area contributed by atoms with E-state index in [1.165, 1.54) is 89.9 Å². The van der Waals surface area contributed by atoms with E-state index in [9.17, 15) is 57.3 Å². The van der Waals surface area contributed by atoms with Crippen molar-refractivity contribution in [3.63, 3.8) is 0 Å². The molecule has 2 unspecified atom stereocenters. The molecule has 24 nitrogen and oxygen atoms in total. The minimum atomic E-state index is -4.83. The van der Waals surface area contributed by atoms with E-state index in [0.29, 0.717) is 64.2 Å². The fraction of sp³-hybridized carbons (Fsp3) is 0.859. The lowest BCUT2D eigenvalue weighted by Gasteiger charge is -2.22. The molecular formula is C85H158N4O20P2. The third-order valence-electron chi connectivity index (χ3n) is 19.1. The number of ether oxygens (including phenoxy) is 4. The lowest BCUT2D eigenvalue weighted by atomic mass is 10.0. The van der Waals surface area contributed by atoms with Gasteiger partial charge in [-0.15, -0.1) is 0 Å². The smallest absolute Gasteiger partial charge is 0.462 e. The van der Waals surface area contributed by atoms with Gasteiger partial charge in [-0.3, -0.25) is 56.5 Å². The van der Waals surface area contributed by atoms with Gasteiger partial charge in [-0.25, -0.2) is 9.13 Å². The predicted octanol–water partition coefficient (Wildman–Crippen LogP) is 19.4. The first-order valence-corrected chi connectivity index (χ1v) is 46.9. The van der Waals surface area contributed by atoms with Crippen LogP contribution in [0, 0.1) is 0 Å². The molecule has 0 saturated carbocycles. The number of hydrogen-bond acceptors (Lipinski definition) is 18. The van der Waals surface area contributed by atoms with Gasteiger partial charge in [-0.05, 0) is 89.9 Å². The van der Waals surface area contributed by atoms with Gasteiger partial charge < -0.3 is 50.0 Å². The highest BCUT2D eigenvalue weighted by atomic mass is 31.2. The Morgan fingerprint density at radius 2 is 0.613 bits per heavy atom. The van der Waals surface area contributed by atoms with E-state index in [4.69, 9.17) is 37.0 Å². The normalized spacial score (nSPS) is 13.8. The number of nitrogens with one attached hydrogen (secondary N) is 4. The monoisotopic (exact) mass is 1620 g/mol. The van der Waals surface area contributed by atoms with Crippen LogP contribution in [0.1, 0.15) is 382 Å². The van der Waals surface area contributed by atoms with Crippen molar-refractivity contribution in [2.45, 2.75) is 406 Å². The number of phosphoric ester groups is 2. The second kappa shape index (κ2) is 77.0. The average molecular weight is 1620 g/mol. The quantitative estimate of drug-likeness (QED) is 0.0108. The summed E-state index contributed by atoms with van der Waals surface area (Å²) in [4.78, 5) is 125. The lowest BCUT2D eigenvalue weighted by Crippen LogP contribution is -2.42. The molecular weight excluding hydrogens is 1460 g/mol. The van der Waals surface area contributed by atoms with Crippen LogP contribution in [0.25, 0.3) is 0 Å². The molecule has 0 aliphatic rings. The van der Waals surface area contributed by atoms with Crippen molar-refractivity contribution in [2.24, 2.45) is 0 Å². The summed E-state index contributed by atoms with van der Waals surface area (Å²) < 4.78 is 71.0. The molecule has 648 valence electrons. The number of hydrogen-bond donors (Lipinski definition) is 6. The number of esters is 2. The molecule has 0 saturated heterocycles. The molecule has 0 bridgehead atoms. The Labute approximate surface area is 671 Å². The van der Waals surface area contributed by atoms with Crippen molar-refractivity contribution in [1.82, 2.24) is 21.3 Å². The molecule has 0 aliphatic heterocycles. The van der Waals surface area contributed by atoms with E-state index < -0.39 is 109 Å². The molecule has 6 N–H and O–H groups in total. The van der Waals surface area contributed by atoms with Crippen LogP contribution in [0.2, 0.25) is 0 Å². The SMILES string of the molecule is CCCCCCC=CCCCC(=O)O[C@H](CCCCCCC)CCOC[C@H](COP(=O)(O)OCCNC(=O)CC(=O)NCCOP(=O)(O)OC[C@@H](COCC[C@@H](CCCCCCC)OC(=O)CCCC=CCCCCCC)NC(=O)CC(=O)CCCCCCCCCCC)NC(=O)CC(=O)CCCCCCCCCCC. The zero-order valence-corrected chi connectivity index (χ0v) is 72.1. The topological polar surface area (TPSA) is 333 Å².